The Bertz CT molecular complexity index is 1420. The average molecular weight is 329 g/mol. The van der Waals surface area contributed by atoms with Crippen LogP contribution in [0.15, 0.2) is 42.5 Å². The van der Waals surface area contributed by atoms with Crippen molar-refractivity contribution in [2.75, 3.05) is 0 Å². The maximum Gasteiger partial charge on any atom is 0.102 e. The summed E-state index contributed by atoms with van der Waals surface area (Å²) in [6.07, 6.45) is 0. The lowest BCUT2D eigenvalue weighted by atomic mass is 9.88. The van der Waals surface area contributed by atoms with Gasteiger partial charge in [-0.25, -0.2) is 4.98 Å². The highest BCUT2D eigenvalue weighted by molar-refractivity contribution is 6.14. The van der Waals surface area contributed by atoms with E-state index in [2.05, 4.69) is 4.98 Å². The first-order chi connectivity index (χ1) is 12.7. The molecule has 5 heteroatoms. The minimum atomic E-state index is -0.0697. The normalized spacial score (nSPS) is 10.2. The van der Waals surface area contributed by atoms with Crippen LogP contribution in [0.3, 0.4) is 0 Å². The molecule has 0 aliphatic carbocycles. The van der Waals surface area contributed by atoms with Crippen molar-refractivity contribution in [2.45, 2.75) is 0 Å². The van der Waals surface area contributed by atoms with Gasteiger partial charge in [0.05, 0.1) is 33.3 Å². The summed E-state index contributed by atoms with van der Waals surface area (Å²) < 4.78 is 0. The van der Waals surface area contributed by atoms with Gasteiger partial charge in [-0.1, -0.05) is 24.3 Å². The van der Waals surface area contributed by atoms with Crippen LogP contribution in [0.4, 0.5) is 0 Å². The Morgan fingerprint density at radius 1 is 0.615 bits per heavy atom. The van der Waals surface area contributed by atoms with Crippen molar-refractivity contribution < 1.29 is 0 Å². The second-order valence-corrected chi connectivity index (χ2v) is 5.68. The predicted octanol–water partition coefficient (Wildman–Crippen LogP) is 4.03. The summed E-state index contributed by atoms with van der Waals surface area (Å²) in [6, 6.07) is 20.8. The number of hydrogen-bond donors (Lipinski definition) is 0. The number of aromatic nitrogens is 1. The van der Waals surface area contributed by atoms with Gasteiger partial charge in [0.2, 0.25) is 0 Å². The number of fused-ring (bicyclic) bond motifs is 4. The molecule has 0 aliphatic rings. The fourth-order valence-corrected chi connectivity index (χ4v) is 3.29. The lowest BCUT2D eigenvalue weighted by molar-refractivity contribution is 1.39. The molecule has 5 nitrogen and oxygen atoms in total. The van der Waals surface area contributed by atoms with Crippen LogP contribution in [0.5, 0.6) is 0 Å². The van der Waals surface area contributed by atoms with Gasteiger partial charge in [0.1, 0.15) is 24.3 Å². The fraction of sp³-hybridized carbons (Fsp3) is 0. The quantitative estimate of drug-likeness (QED) is 0.357. The Kier molecular flexibility index (Phi) is 3.24. The first kappa shape index (κ1) is 15.1. The monoisotopic (exact) mass is 329 g/mol. The fourth-order valence-electron chi connectivity index (χ4n) is 3.29. The standard InChI is InChI=1S/C21H7N5/c22-8-15-13-5-6-20-14(7-12-3-1-2-4-19(12)26-20)21(13)18(11-25)17(10-24)16(15)9-23/h1-7H. The molecule has 0 spiro atoms. The van der Waals surface area contributed by atoms with Crippen molar-refractivity contribution in [3.8, 4) is 24.3 Å². The highest BCUT2D eigenvalue weighted by Crippen LogP contribution is 2.35. The summed E-state index contributed by atoms with van der Waals surface area (Å²) in [5, 5.41) is 40.7. The summed E-state index contributed by atoms with van der Waals surface area (Å²) in [5.41, 5.74) is 1.54. The van der Waals surface area contributed by atoms with Gasteiger partial charge in [0, 0.05) is 21.5 Å². The number of nitriles is 4. The van der Waals surface area contributed by atoms with E-state index in [1.165, 1.54) is 0 Å². The zero-order valence-electron chi connectivity index (χ0n) is 13.3. The van der Waals surface area contributed by atoms with Crippen LogP contribution in [0.25, 0.3) is 32.6 Å². The van der Waals surface area contributed by atoms with Gasteiger partial charge in [0.25, 0.3) is 0 Å². The first-order valence-corrected chi connectivity index (χ1v) is 7.66. The molecule has 0 fully saturated rings. The van der Waals surface area contributed by atoms with E-state index in [-0.39, 0.29) is 22.3 Å². The van der Waals surface area contributed by atoms with E-state index in [1.807, 2.05) is 54.6 Å². The summed E-state index contributed by atoms with van der Waals surface area (Å²) in [5.74, 6) is 0. The first-order valence-electron chi connectivity index (χ1n) is 7.66. The third-order valence-electron chi connectivity index (χ3n) is 4.42. The molecule has 0 atom stereocenters. The van der Waals surface area contributed by atoms with Gasteiger partial charge >= 0.3 is 0 Å². The minimum absolute atomic E-state index is 0.0628. The number of pyridine rings is 1. The zero-order chi connectivity index (χ0) is 18.3. The van der Waals surface area contributed by atoms with Crippen molar-refractivity contribution in [2.24, 2.45) is 0 Å². The van der Waals surface area contributed by atoms with Crippen LogP contribution in [-0.2, 0) is 0 Å². The van der Waals surface area contributed by atoms with Gasteiger partial charge in [-0.3, -0.25) is 0 Å². The summed E-state index contributed by atoms with van der Waals surface area (Å²) in [4.78, 5) is 4.62. The Hall–Kier alpha value is -4.45. The molecule has 0 radical (unpaired) electrons. The molecule has 0 aliphatic heterocycles. The maximum atomic E-state index is 9.69. The molecular formula is C21H7N5. The molecule has 4 rings (SSSR count). The topological polar surface area (TPSA) is 108 Å². The van der Waals surface area contributed by atoms with E-state index in [0.29, 0.717) is 21.7 Å². The van der Waals surface area contributed by atoms with Gasteiger partial charge in [0.15, 0.2) is 0 Å². The molecule has 1 heterocycles. The van der Waals surface area contributed by atoms with E-state index in [9.17, 15) is 21.0 Å². The van der Waals surface area contributed by atoms with Crippen LogP contribution >= 0.6 is 0 Å². The maximum absolute atomic E-state index is 9.69. The van der Waals surface area contributed by atoms with Gasteiger partial charge in [-0.2, -0.15) is 21.0 Å². The van der Waals surface area contributed by atoms with Crippen LogP contribution in [0.2, 0.25) is 0 Å². The van der Waals surface area contributed by atoms with Crippen LogP contribution in [0.1, 0.15) is 22.3 Å². The molecule has 0 unspecified atom stereocenters. The van der Waals surface area contributed by atoms with E-state index in [4.69, 9.17) is 0 Å². The lowest BCUT2D eigenvalue weighted by Gasteiger charge is -2.11. The SMILES string of the molecule is N#Cc1c(C#N)c(C#N)c2c(ccc3nc4ccccc4cc32)c1C#N. The molecule has 0 bridgehead atoms. The molecule has 3 aromatic carbocycles. The number of para-hydroxylation sites is 1. The zero-order valence-corrected chi connectivity index (χ0v) is 13.3. The molecule has 4 aromatic rings. The van der Waals surface area contributed by atoms with Crippen LogP contribution < -0.4 is 0 Å². The molecule has 1 aromatic heterocycles. The number of rotatable bonds is 0. The van der Waals surface area contributed by atoms with E-state index in [0.717, 1.165) is 10.9 Å². The van der Waals surface area contributed by atoms with Crippen molar-refractivity contribution >= 4 is 32.6 Å². The summed E-state index contributed by atoms with van der Waals surface area (Å²) in [7, 11) is 0. The van der Waals surface area contributed by atoms with Crippen molar-refractivity contribution in [3.63, 3.8) is 0 Å². The molecular weight excluding hydrogens is 322 g/mol. The van der Waals surface area contributed by atoms with E-state index >= 15 is 0 Å². The Balaban J connectivity index is 2.37. The Labute approximate surface area is 148 Å². The molecule has 0 saturated heterocycles. The van der Waals surface area contributed by atoms with Crippen molar-refractivity contribution in [1.82, 2.24) is 4.98 Å². The second-order valence-electron chi connectivity index (χ2n) is 5.68. The smallest absolute Gasteiger partial charge is 0.102 e. The van der Waals surface area contributed by atoms with Gasteiger partial charge in [-0.05, 0) is 18.2 Å². The van der Waals surface area contributed by atoms with E-state index < -0.39 is 0 Å². The summed E-state index contributed by atoms with van der Waals surface area (Å²) >= 11 is 0. The van der Waals surface area contributed by atoms with Gasteiger partial charge < -0.3 is 0 Å². The number of nitrogens with zero attached hydrogens (tertiary/aromatic N) is 5. The highest BCUT2D eigenvalue weighted by Gasteiger charge is 2.21. The Morgan fingerprint density at radius 2 is 1.27 bits per heavy atom. The molecule has 0 N–H and O–H groups in total. The number of benzene rings is 3. The van der Waals surface area contributed by atoms with Crippen molar-refractivity contribution in [1.29, 1.82) is 21.0 Å². The average Bonchev–Trinajstić information content (AvgIpc) is 2.69. The van der Waals surface area contributed by atoms with E-state index in [1.54, 1.807) is 12.1 Å². The second kappa shape index (κ2) is 5.57. The number of hydrogen-bond acceptors (Lipinski definition) is 5. The lowest BCUT2D eigenvalue weighted by Crippen LogP contribution is -1.98. The van der Waals surface area contributed by atoms with Crippen LogP contribution in [-0.4, -0.2) is 4.98 Å². The predicted molar refractivity (Wildman–Crippen MR) is 95.6 cm³/mol. The third kappa shape index (κ3) is 1.90. The Morgan fingerprint density at radius 3 is 1.96 bits per heavy atom. The van der Waals surface area contributed by atoms with Crippen molar-refractivity contribution in [3.05, 3.63) is 64.7 Å². The van der Waals surface area contributed by atoms with Crippen LogP contribution in [0, 0.1) is 45.3 Å². The molecule has 116 valence electrons. The van der Waals surface area contributed by atoms with Gasteiger partial charge in [-0.15, -0.1) is 0 Å². The largest absolute Gasteiger partial charge is 0.248 e. The third-order valence-corrected chi connectivity index (χ3v) is 4.42. The molecule has 0 amide bonds. The minimum Gasteiger partial charge on any atom is -0.248 e. The highest BCUT2D eigenvalue weighted by atomic mass is 14.7. The molecule has 26 heavy (non-hydrogen) atoms. The molecule has 0 saturated carbocycles. The summed E-state index contributed by atoms with van der Waals surface area (Å²) in [6.45, 7) is 0.